The Kier molecular flexibility index (Phi) is 5.08. The summed E-state index contributed by atoms with van der Waals surface area (Å²) in [5, 5.41) is 0. The lowest BCUT2D eigenvalue weighted by Gasteiger charge is -2.23. The summed E-state index contributed by atoms with van der Waals surface area (Å²) >= 11 is 0. The smallest absolute Gasteiger partial charge is 0.323 e. The van der Waals surface area contributed by atoms with Crippen LogP contribution >= 0.6 is 0 Å². The first kappa shape index (κ1) is 13.4. The Morgan fingerprint density at radius 2 is 1.93 bits per heavy atom. The van der Waals surface area contributed by atoms with Gasteiger partial charge in [0.15, 0.2) is 0 Å². The van der Waals surface area contributed by atoms with E-state index in [1.807, 2.05) is 27.7 Å². The fourth-order valence-corrected chi connectivity index (χ4v) is 0.928. The van der Waals surface area contributed by atoms with Crippen LogP contribution in [0.1, 0.15) is 34.1 Å². The molecule has 0 amide bonds. The zero-order chi connectivity index (χ0) is 11.4. The van der Waals surface area contributed by atoms with Crippen molar-refractivity contribution >= 4 is 5.97 Å². The number of hydrogen-bond donors (Lipinski definition) is 1. The van der Waals surface area contributed by atoms with Crippen molar-refractivity contribution in [2.75, 3.05) is 7.11 Å². The number of carbonyl (C=O) groups excluding carboxylic acids is 1. The van der Waals surface area contributed by atoms with Crippen LogP contribution in [0.3, 0.4) is 0 Å². The highest BCUT2D eigenvalue weighted by Crippen LogP contribution is 2.10. The highest BCUT2D eigenvalue weighted by Gasteiger charge is 2.23. The number of rotatable bonds is 4. The van der Waals surface area contributed by atoms with Crippen molar-refractivity contribution in [1.29, 1.82) is 0 Å². The van der Waals surface area contributed by atoms with Crippen LogP contribution in [0.15, 0.2) is 0 Å². The van der Waals surface area contributed by atoms with Gasteiger partial charge in [0.25, 0.3) is 0 Å². The lowest BCUT2D eigenvalue weighted by molar-refractivity contribution is -0.157. The van der Waals surface area contributed by atoms with Gasteiger partial charge in [-0.05, 0) is 34.1 Å². The second kappa shape index (κ2) is 5.32. The average molecular weight is 203 g/mol. The van der Waals surface area contributed by atoms with Crippen LogP contribution in [0.5, 0.6) is 0 Å². The first-order chi connectivity index (χ1) is 6.26. The number of hydrogen-bond acceptors (Lipinski definition) is 4. The molecule has 0 aromatic heterocycles. The summed E-state index contributed by atoms with van der Waals surface area (Å²) in [7, 11) is 1.59. The molecule has 2 unspecified atom stereocenters. The molecule has 0 aliphatic carbocycles. The lowest BCUT2D eigenvalue weighted by Crippen LogP contribution is -2.39. The van der Waals surface area contributed by atoms with Crippen molar-refractivity contribution in [3.8, 4) is 0 Å². The van der Waals surface area contributed by atoms with Crippen molar-refractivity contribution in [2.24, 2.45) is 5.73 Å². The second-order valence-corrected chi connectivity index (χ2v) is 4.42. The largest absolute Gasteiger partial charge is 0.459 e. The van der Waals surface area contributed by atoms with Gasteiger partial charge in [0, 0.05) is 7.11 Å². The molecule has 2 N–H and O–H groups in total. The minimum Gasteiger partial charge on any atom is -0.459 e. The van der Waals surface area contributed by atoms with E-state index in [0.29, 0.717) is 6.42 Å². The van der Waals surface area contributed by atoms with E-state index in [4.69, 9.17) is 15.2 Å². The van der Waals surface area contributed by atoms with E-state index in [1.54, 1.807) is 7.11 Å². The van der Waals surface area contributed by atoms with E-state index in [0.717, 1.165) is 0 Å². The van der Waals surface area contributed by atoms with Crippen LogP contribution in [0.2, 0.25) is 0 Å². The second-order valence-electron chi connectivity index (χ2n) is 4.42. The van der Waals surface area contributed by atoms with Crippen molar-refractivity contribution in [1.82, 2.24) is 0 Å². The Labute approximate surface area is 85.8 Å². The molecule has 0 fully saturated rings. The maximum atomic E-state index is 11.4. The Bertz CT molecular complexity index is 186. The minimum atomic E-state index is -0.607. The molecule has 0 aromatic carbocycles. The van der Waals surface area contributed by atoms with Gasteiger partial charge in [0.05, 0.1) is 6.10 Å². The third-order valence-corrected chi connectivity index (χ3v) is 1.70. The molecule has 2 atom stereocenters. The van der Waals surface area contributed by atoms with Crippen LogP contribution in [0, 0.1) is 0 Å². The van der Waals surface area contributed by atoms with Gasteiger partial charge in [-0.15, -0.1) is 0 Å². The zero-order valence-corrected chi connectivity index (χ0v) is 9.66. The molecule has 4 nitrogen and oxygen atoms in total. The topological polar surface area (TPSA) is 61.5 Å². The quantitative estimate of drug-likeness (QED) is 0.694. The van der Waals surface area contributed by atoms with E-state index in [-0.39, 0.29) is 12.1 Å². The van der Waals surface area contributed by atoms with Crippen molar-refractivity contribution in [3.05, 3.63) is 0 Å². The summed E-state index contributed by atoms with van der Waals surface area (Å²) in [6, 6.07) is -0.607. The summed E-state index contributed by atoms with van der Waals surface area (Å²) in [5.41, 5.74) is 5.17. The van der Waals surface area contributed by atoms with E-state index >= 15 is 0 Å². The van der Waals surface area contributed by atoms with E-state index < -0.39 is 11.6 Å². The lowest BCUT2D eigenvalue weighted by atomic mass is 10.1. The number of methoxy groups -OCH3 is 1. The van der Waals surface area contributed by atoms with Gasteiger partial charge in [0.1, 0.15) is 11.6 Å². The Morgan fingerprint density at radius 1 is 1.43 bits per heavy atom. The highest BCUT2D eigenvalue weighted by molar-refractivity contribution is 5.75. The van der Waals surface area contributed by atoms with Gasteiger partial charge in [-0.3, -0.25) is 4.79 Å². The molecule has 0 bridgehead atoms. The zero-order valence-electron chi connectivity index (χ0n) is 9.66. The molecule has 0 aliphatic rings. The number of carbonyl (C=O) groups is 1. The Balaban J connectivity index is 4.00. The molecule has 0 aromatic rings. The van der Waals surface area contributed by atoms with E-state index in [1.165, 1.54) is 0 Å². The molecule has 4 heteroatoms. The summed E-state index contributed by atoms with van der Waals surface area (Å²) in [4.78, 5) is 11.4. The fraction of sp³-hybridized carbons (Fsp3) is 0.900. The van der Waals surface area contributed by atoms with Crippen LogP contribution < -0.4 is 5.73 Å². The van der Waals surface area contributed by atoms with Crippen LogP contribution in [0.25, 0.3) is 0 Å². The third kappa shape index (κ3) is 5.94. The van der Waals surface area contributed by atoms with Crippen LogP contribution in [-0.2, 0) is 14.3 Å². The van der Waals surface area contributed by atoms with Crippen molar-refractivity contribution in [2.45, 2.75) is 51.9 Å². The minimum absolute atomic E-state index is 0.0301. The van der Waals surface area contributed by atoms with Crippen molar-refractivity contribution in [3.63, 3.8) is 0 Å². The van der Waals surface area contributed by atoms with Gasteiger partial charge in [0.2, 0.25) is 0 Å². The molecule has 0 aliphatic heterocycles. The van der Waals surface area contributed by atoms with Gasteiger partial charge >= 0.3 is 5.97 Å². The van der Waals surface area contributed by atoms with Gasteiger partial charge < -0.3 is 15.2 Å². The molecular weight excluding hydrogens is 182 g/mol. The monoisotopic (exact) mass is 203 g/mol. The van der Waals surface area contributed by atoms with E-state index in [9.17, 15) is 4.79 Å². The standard InChI is InChI=1S/C10H21NO3/c1-7(13-5)6-8(11)9(12)14-10(2,3)4/h7-8H,6,11H2,1-5H3. The predicted molar refractivity (Wildman–Crippen MR) is 54.9 cm³/mol. The van der Waals surface area contributed by atoms with Gasteiger partial charge in [-0.25, -0.2) is 0 Å². The van der Waals surface area contributed by atoms with Crippen molar-refractivity contribution < 1.29 is 14.3 Å². The molecular formula is C10H21NO3. The SMILES string of the molecule is COC(C)CC(N)C(=O)OC(C)(C)C. The molecule has 0 heterocycles. The van der Waals surface area contributed by atoms with E-state index in [2.05, 4.69) is 0 Å². The maximum absolute atomic E-state index is 11.4. The average Bonchev–Trinajstić information content (AvgIpc) is 2.00. The third-order valence-electron chi connectivity index (χ3n) is 1.70. The molecule has 0 radical (unpaired) electrons. The molecule has 14 heavy (non-hydrogen) atoms. The summed E-state index contributed by atoms with van der Waals surface area (Å²) in [5.74, 6) is -0.374. The molecule has 0 saturated carbocycles. The van der Waals surface area contributed by atoms with Gasteiger partial charge in [-0.1, -0.05) is 0 Å². The Morgan fingerprint density at radius 3 is 2.29 bits per heavy atom. The summed E-state index contributed by atoms with van der Waals surface area (Å²) in [6.07, 6.45) is 0.448. The highest BCUT2D eigenvalue weighted by atomic mass is 16.6. The van der Waals surface area contributed by atoms with Gasteiger partial charge in [-0.2, -0.15) is 0 Å². The molecule has 0 saturated heterocycles. The maximum Gasteiger partial charge on any atom is 0.323 e. The Hall–Kier alpha value is -0.610. The fourth-order valence-electron chi connectivity index (χ4n) is 0.928. The predicted octanol–water partition coefficient (Wildman–Crippen LogP) is 1.08. The number of esters is 1. The molecule has 0 spiro atoms. The summed E-state index contributed by atoms with van der Waals surface area (Å²) < 4.78 is 10.1. The normalized spacial score (nSPS) is 16.1. The molecule has 0 rings (SSSR count). The molecule has 84 valence electrons. The van der Waals surface area contributed by atoms with Crippen LogP contribution in [0.4, 0.5) is 0 Å². The first-order valence-corrected chi connectivity index (χ1v) is 4.77. The number of nitrogens with two attached hydrogens (primary N) is 1. The number of ether oxygens (including phenoxy) is 2. The van der Waals surface area contributed by atoms with Crippen LogP contribution in [-0.4, -0.2) is 30.8 Å². The summed E-state index contributed by atoms with van der Waals surface area (Å²) in [6.45, 7) is 7.32. The first-order valence-electron chi connectivity index (χ1n) is 4.77.